The lowest BCUT2D eigenvalue weighted by Crippen LogP contribution is -2.44. The van der Waals surface area contributed by atoms with E-state index in [0.29, 0.717) is 12.2 Å². The van der Waals surface area contributed by atoms with Crippen LogP contribution in [0, 0.1) is 12.3 Å². The minimum atomic E-state index is -1.18. The minimum Gasteiger partial charge on any atom is -0.351 e. The Morgan fingerprint density at radius 1 is 1.04 bits per heavy atom. The first kappa shape index (κ1) is 18.2. The van der Waals surface area contributed by atoms with Gasteiger partial charge in [-0.3, -0.25) is 9.59 Å². The van der Waals surface area contributed by atoms with Gasteiger partial charge in [0.05, 0.1) is 5.69 Å². The molecule has 5 heteroatoms. The molecule has 0 aromatic heterocycles. The molecule has 24 heavy (non-hydrogen) atoms. The third kappa shape index (κ3) is 4.45. The number of halogens is 1. The molecule has 4 nitrogen and oxygen atoms in total. The van der Waals surface area contributed by atoms with Gasteiger partial charge in [-0.1, -0.05) is 36.4 Å². The molecule has 0 atom stereocenters. The average molecular weight is 389 g/mol. The summed E-state index contributed by atoms with van der Waals surface area (Å²) in [4.78, 5) is 25.0. The molecule has 0 aliphatic heterocycles. The summed E-state index contributed by atoms with van der Waals surface area (Å²) in [6.07, 6.45) is 0. The van der Waals surface area contributed by atoms with E-state index in [1.54, 1.807) is 13.8 Å². The fraction of sp³-hybridized carbons (Fsp3) is 0.263. The van der Waals surface area contributed by atoms with Crippen LogP contribution in [0.25, 0.3) is 0 Å². The lowest BCUT2D eigenvalue weighted by molar-refractivity contribution is -0.138. The number of hydrogen-bond acceptors (Lipinski definition) is 2. The zero-order chi connectivity index (χ0) is 17.7. The molecule has 2 amide bonds. The van der Waals surface area contributed by atoms with E-state index in [-0.39, 0.29) is 11.8 Å². The molecule has 126 valence electrons. The van der Waals surface area contributed by atoms with Crippen molar-refractivity contribution in [3.63, 3.8) is 0 Å². The number of anilines is 1. The highest BCUT2D eigenvalue weighted by Crippen LogP contribution is 2.26. The summed E-state index contributed by atoms with van der Waals surface area (Å²) in [6.45, 7) is 5.59. The lowest BCUT2D eigenvalue weighted by Gasteiger charge is -2.23. The maximum absolute atomic E-state index is 12.5. The largest absolute Gasteiger partial charge is 0.351 e. The number of carbonyl (C=O) groups excluding carboxylic acids is 2. The van der Waals surface area contributed by atoms with E-state index in [0.717, 1.165) is 15.6 Å². The Bertz CT molecular complexity index is 742. The Labute approximate surface area is 150 Å². The molecule has 0 aliphatic carbocycles. The molecule has 0 fully saturated rings. The van der Waals surface area contributed by atoms with Gasteiger partial charge in [0.1, 0.15) is 5.41 Å². The van der Waals surface area contributed by atoms with Crippen LogP contribution < -0.4 is 10.6 Å². The van der Waals surface area contributed by atoms with Gasteiger partial charge in [-0.25, -0.2) is 0 Å². The zero-order valence-electron chi connectivity index (χ0n) is 14.0. The van der Waals surface area contributed by atoms with Crippen molar-refractivity contribution in [2.45, 2.75) is 27.3 Å². The van der Waals surface area contributed by atoms with Gasteiger partial charge in [-0.15, -0.1) is 0 Å². The van der Waals surface area contributed by atoms with Crippen LogP contribution in [0.3, 0.4) is 0 Å². The summed E-state index contributed by atoms with van der Waals surface area (Å²) in [5.74, 6) is -0.662. The monoisotopic (exact) mass is 388 g/mol. The molecule has 0 saturated carbocycles. The SMILES string of the molecule is Cc1ccc(NC(=O)C(C)(C)C(=O)NCc2ccccc2)c(Br)c1. The molecule has 2 N–H and O–H groups in total. The van der Waals surface area contributed by atoms with Crippen molar-refractivity contribution in [3.8, 4) is 0 Å². The predicted molar refractivity (Wildman–Crippen MR) is 99.6 cm³/mol. The highest BCUT2D eigenvalue weighted by molar-refractivity contribution is 9.10. The normalized spacial score (nSPS) is 11.0. The van der Waals surface area contributed by atoms with Crippen LogP contribution in [-0.4, -0.2) is 11.8 Å². The molecule has 0 saturated heterocycles. The number of amides is 2. The van der Waals surface area contributed by atoms with Crippen molar-refractivity contribution in [2.75, 3.05) is 5.32 Å². The van der Waals surface area contributed by atoms with Crippen molar-refractivity contribution in [1.82, 2.24) is 5.32 Å². The van der Waals surface area contributed by atoms with Crippen LogP contribution >= 0.6 is 15.9 Å². The Morgan fingerprint density at radius 3 is 2.33 bits per heavy atom. The van der Waals surface area contributed by atoms with E-state index in [4.69, 9.17) is 0 Å². The summed E-state index contributed by atoms with van der Waals surface area (Å²) in [6, 6.07) is 15.2. The maximum atomic E-state index is 12.5. The highest BCUT2D eigenvalue weighted by Gasteiger charge is 2.36. The van der Waals surface area contributed by atoms with Crippen LogP contribution in [0.1, 0.15) is 25.0 Å². The summed E-state index contributed by atoms with van der Waals surface area (Å²) in [5, 5.41) is 5.63. The van der Waals surface area contributed by atoms with Crippen molar-refractivity contribution in [3.05, 3.63) is 64.1 Å². The molecule has 0 spiro atoms. The van der Waals surface area contributed by atoms with Crippen molar-refractivity contribution < 1.29 is 9.59 Å². The van der Waals surface area contributed by atoms with E-state index in [1.807, 2.05) is 55.5 Å². The van der Waals surface area contributed by atoms with Crippen LogP contribution in [-0.2, 0) is 16.1 Å². The minimum absolute atomic E-state index is 0.313. The fourth-order valence-corrected chi connectivity index (χ4v) is 2.69. The third-order valence-corrected chi connectivity index (χ3v) is 4.46. The molecule has 0 unspecified atom stereocenters. The van der Waals surface area contributed by atoms with Crippen LogP contribution in [0.5, 0.6) is 0 Å². The van der Waals surface area contributed by atoms with Gasteiger partial charge in [0.15, 0.2) is 0 Å². The van der Waals surface area contributed by atoms with Gasteiger partial charge in [0, 0.05) is 11.0 Å². The third-order valence-electron chi connectivity index (χ3n) is 3.80. The molecule has 0 aliphatic rings. The second-order valence-corrected chi connectivity index (χ2v) is 7.09. The molecule has 2 rings (SSSR count). The van der Waals surface area contributed by atoms with Crippen molar-refractivity contribution in [1.29, 1.82) is 0 Å². The van der Waals surface area contributed by atoms with Crippen LogP contribution in [0.2, 0.25) is 0 Å². The molecule has 0 heterocycles. The first-order valence-corrected chi connectivity index (χ1v) is 8.50. The molecule has 2 aromatic carbocycles. The van der Waals surface area contributed by atoms with E-state index < -0.39 is 5.41 Å². The number of hydrogen-bond donors (Lipinski definition) is 2. The maximum Gasteiger partial charge on any atom is 0.239 e. The smallest absolute Gasteiger partial charge is 0.239 e. The number of benzene rings is 2. The first-order chi connectivity index (χ1) is 11.3. The van der Waals surface area contributed by atoms with E-state index in [9.17, 15) is 9.59 Å². The van der Waals surface area contributed by atoms with Gasteiger partial charge >= 0.3 is 0 Å². The fourth-order valence-electron chi connectivity index (χ4n) is 2.10. The lowest BCUT2D eigenvalue weighted by atomic mass is 9.90. The molecular formula is C19H21BrN2O2. The number of nitrogens with one attached hydrogen (secondary N) is 2. The van der Waals surface area contributed by atoms with Gasteiger partial charge in [-0.05, 0) is 60.0 Å². The first-order valence-electron chi connectivity index (χ1n) is 7.70. The van der Waals surface area contributed by atoms with Crippen LogP contribution in [0.4, 0.5) is 5.69 Å². The standard InChI is InChI=1S/C19H21BrN2O2/c1-13-9-10-16(15(20)11-13)22-18(24)19(2,3)17(23)21-12-14-7-5-4-6-8-14/h4-11H,12H2,1-3H3,(H,21,23)(H,22,24). The molecule has 0 radical (unpaired) electrons. The number of aryl methyl sites for hydroxylation is 1. The van der Waals surface area contributed by atoms with Crippen molar-refractivity contribution in [2.24, 2.45) is 5.41 Å². The molecule has 0 bridgehead atoms. The average Bonchev–Trinajstić information content (AvgIpc) is 2.55. The second-order valence-electron chi connectivity index (χ2n) is 6.23. The zero-order valence-corrected chi connectivity index (χ0v) is 15.6. The van der Waals surface area contributed by atoms with Crippen LogP contribution in [0.15, 0.2) is 53.0 Å². The summed E-state index contributed by atoms with van der Waals surface area (Å²) >= 11 is 3.43. The van der Waals surface area contributed by atoms with Gasteiger partial charge in [0.25, 0.3) is 0 Å². The molecular weight excluding hydrogens is 368 g/mol. The predicted octanol–water partition coefficient (Wildman–Crippen LogP) is 4.04. The van der Waals surface area contributed by atoms with E-state index in [1.165, 1.54) is 0 Å². The highest BCUT2D eigenvalue weighted by atomic mass is 79.9. The van der Waals surface area contributed by atoms with Gasteiger partial charge in [-0.2, -0.15) is 0 Å². The number of rotatable bonds is 5. The quantitative estimate of drug-likeness (QED) is 0.759. The summed E-state index contributed by atoms with van der Waals surface area (Å²) in [5.41, 5.74) is 1.54. The van der Waals surface area contributed by atoms with Crippen molar-refractivity contribution >= 4 is 33.4 Å². The Balaban J connectivity index is 2.02. The Hall–Kier alpha value is -2.14. The Kier molecular flexibility index (Phi) is 5.78. The topological polar surface area (TPSA) is 58.2 Å². The summed E-state index contributed by atoms with van der Waals surface area (Å²) < 4.78 is 0.788. The summed E-state index contributed by atoms with van der Waals surface area (Å²) in [7, 11) is 0. The van der Waals surface area contributed by atoms with E-state index >= 15 is 0 Å². The van der Waals surface area contributed by atoms with Gasteiger partial charge < -0.3 is 10.6 Å². The molecule has 2 aromatic rings. The van der Waals surface area contributed by atoms with Gasteiger partial charge in [0.2, 0.25) is 11.8 Å². The van der Waals surface area contributed by atoms with E-state index in [2.05, 4.69) is 26.6 Å². The Morgan fingerprint density at radius 2 is 1.71 bits per heavy atom. The second kappa shape index (κ2) is 7.62. The number of carbonyl (C=O) groups is 2.